The molecule has 1 saturated carbocycles. The van der Waals surface area contributed by atoms with E-state index in [9.17, 15) is 9.90 Å². The van der Waals surface area contributed by atoms with Gasteiger partial charge in [-0.05, 0) is 48.6 Å². The van der Waals surface area contributed by atoms with Gasteiger partial charge in [0, 0.05) is 13.1 Å². The fourth-order valence-electron chi connectivity index (χ4n) is 5.56. The highest BCUT2D eigenvalue weighted by atomic mass is 16.3. The van der Waals surface area contributed by atoms with Crippen LogP contribution in [0.25, 0.3) is 0 Å². The minimum absolute atomic E-state index is 0.172. The Hall–Kier alpha value is -1.39. The third kappa shape index (κ3) is 6.32. The molecule has 1 fully saturated rings. The zero-order valence-corrected chi connectivity index (χ0v) is 20.0. The number of carbonyl (C=O) groups is 1. The van der Waals surface area contributed by atoms with Crippen LogP contribution in [0.5, 0.6) is 0 Å². The zero-order chi connectivity index (χ0) is 22.3. The molecule has 1 amide bonds. The van der Waals surface area contributed by atoms with E-state index >= 15 is 0 Å². The largest absolute Gasteiger partial charge is 0.389 e. The first kappa shape index (κ1) is 24.3. The number of aliphatic hydroxyl groups is 1. The van der Waals surface area contributed by atoms with E-state index in [-0.39, 0.29) is 11.9 Å². The maximum absolute atomic E-state index is 13.4. The second-order valence-corrected chi connectivity index (χ2v) is 10.1. The van der Waals surface area contributed by atoms with E-state index in [0.717, 1.165) is 51.0 Å². The van der Waals surface area contributed by atoms with Crippen LogP contribution in [0.15, 0.2) is 24.3 Å². The predicted octanol–water partition coefficient (Wildman–Crippen LogP) is 5.25. The minimum atomic E-state index is -0.630. The molecule has 1 aliphatic carbocycles. The van der Waals surface area contributed by atoms with Gasteiger partial charge in [-0.1, -0.05) is 83.6 Å². The molecule has 1 aromatic rings. The van der Waals surface area contributed by atoms with Crippen LogP contribution >= 0.6 is 0 Å². The number of rotatable bonds is 10. The van der Waals surface area contributed by atoms with Crippen molar-refractivity contribution in [2.45, 2.75) is 96.6 Å². The van der Waals surface area contributed by atoms with Crippen molar-refractivity contribution in [1.82, 2.24) is 10.2 Å². The number of amides is 1. The molecule has 31 heavy (non-hydrogen) atoms. The van der Waals surface area contributed by atoms with Gasteiger partial charge < -0.3 is 15.3 Å². The minimum Gasteiger partial charge on any atom is -0.389 e. The highest BCUT2D eigenvalue weighted by molar-refractivity contribution is 5.79. The van der Waals surface area contributed by atoms with Gasteiger partial charge >= 0.3 is 0 Å². The third-order valence-electron chi connectivity index (χ3n) is 7.86. The Morgan fingerprint density at radius 2 is 1.90 bits per heavy atom. The average Bonchev–Trinajstić information content (AvgIpc) is 2.79. The third-order valence-corrected chi connectivity index (χ3v) is 7.86. The van der Waals surface area contributed by atoms with Gasteiger partial charge in [-0.2, -0.15) is 0 Å². The Bertz CT molecular complexity index is 698. The SMILES string of the molecule is CC[C@H](C)CC[C@H](CC)C1c2ccccc2CCN1C(=O)CNCC1(O)CCCCC1. The molecule has 1 unspecified atom stereocenters. The van der Waals surface area contributed by atoms with Crippen molar-refractivity contribution < 1.29 is 9.90 Å². The second-order valence-electron chi connectivity index (χ2n) is 10.1. The van der Waals surface area contributed by atoms with Crippen LogP contribution in [-0.2, 0) is 11.2 Å². The van der Waals surface area contributed by atoms with Crippen molar-refractivity contribution in [3.8, 4) is 0 Å². The van der Waals surface area contributed by atoms with Crippen LogP contribution in [0.2, 0.25) is 0 Å². The van der Waals surface area contributed by atoms with Crippen LogP contribution in [0.1, 0.15) is 95.7 Å². The van der Waals surface area contributed by atoms with Gasteiger partial charge in [0.2, 0.25) is 5.91 Å². The molecule has 0 saturated heterocycles. The number of fused-ring (bicyclic) bond motifs is 1. The Labute approximate surface area is 189 Å². The van der Waals surface area contributed by atoms with E-state index in [4.69, 9.17) is 0 Å². The molecule has 0 radical (unpaired) electrons. The number of nitrogens with zero attached hydrogens (tertiary/aromatic N) is 1. The Morgan fingerprint density at radius 1 is 1.16 bits per heavy atom. The van der Waals surface area contributed by atoms with Gasteiger partial charge in [-0.15, -0.1) is 0 Å². The van der Waals surface area contributed by atoms with E-state index in [1.165, 1.54) is 36.8 Å². The lowest BCUT2D eigenvalue weighted by molar-refractivity contribution is -0.134. The summed E-state index contributed by atoms with van der Waals surface area (Å²) in [7, 11) is 0. The summed E-state index contributed by atoms with van der Waals surface area (Å²) in [5.74, 6) is 1.40. The van der Waals surface area contributed by atoms with Crippen molar-refractivity contribution in [1.29, 1.82) is 0 Å². The first-order chi connectivity index (χ1) is 15.0. The number of benzene rings is 1. The number of carbonyl (C=O) groups excluding carboxylic acids is 1. The van der Waals surface area contributed by atoms with Crippen molar-refractivity contribution in [2.24, 2.45) is 11.8 Å². The fourth-order valence-corrected chi connectivity index (χ4v) is 5.56. The van der Waals surface area contributed by atoms with Crippen LogP contribution in [-0.4, -0.2) is 41.1 Å². The van der Waals surface area contributed by atoms with Crippen molar-refractivity contribution in [2.75, 3.05) is 19.6 Å². The van der Waals surface area contributed by atoms with E-state index in [0.29, 0.717) is 19.0 Å². The molecule has 3 atom stereocenters. The molecule has 2 N–H and O–H groups in total. The normalized spacial score (nSPS) is 22.6. The number of nitrogens with one attached hydrogen (secondary N) is 1. The molecule has 1 aromatic carbocycles. The van der Waals surface area contributed by atoms with Crippen LogP contribution in [0.4, 0.5) is 0 Å². The summed E-state index contributed by atoms with van der Waals surface area (Å²) in [6, 6.07) is 8.90. The van der Waals surface area contributed by atoms with Gasteiger partial charge in [-0.3, -0.25) is 4.79 Å². The predicted molar refractivity (Wildman–Crippen MR) is 128 cm³/mol. The summed E-state index contributed by atoms with van der Waals surface area (Å²) in [6.45, 7) is 8.53. The smallest absolute Gasteiger partial charge is 0.237 e. The Morgan fingerprint density at radius 3 is 2.61 bits per heavy atom. The summed E-state index contributed by atoms with van der Waals surface area (Å²) in [5.41, 5.74) is 2.13. The summed E-state index contributed by atoms with van der Waals surface area (Å²) in [4.78, 5) is 15.5. The Kier molecular flexibility index (Phi) is 8.97. The summed E-state index contributed by atoms with van der Waals surface area (Å²) in [6.07, 6.45) is 10.7. The molecule has 0 aromatic heterocycles. The molecular weight excluding hydrogens is 384 g/mol. The van der Waals surface area contributed by atoms with Gasteiger partial charge in [0.25, 0.3) is 0 Å². The highest BCUT2D eigenvalue weighted by Crippen LogP contribution is 2.39. The van der Waals surface area contributed by atoms with E-state index < -0.39 is 5.60 Å². The topological polar surface area (TPSA) is 52.6 Å². The highest BCUT2D eigenvalue weighted by Gasteiger charge is 2.36. The van der Waals surface area contributed by atoms with Gasteiger partial charge in [0.15, 0.2) is 0 Å². The van der Waals surface area contributed by atoms with Crippen LogP contribution in [0.3, 0.4) is 0 Å². The van der Waals surface area contributed by atoms with Crippen molar-refractivity contribution in [3.05, 3.63) is 35.4 Å². The maximum Gasteiger partial charge on any atom is 0.237 e. The van der Waals surface area contributed by atoms with E-state index in [1.54, 1.807) is 0 Å². The maximum atomic E-state index is 13.4. The molecule has 4 heteroatoms. The number of hydrogen-bond acceptors (Lipinski definition) is 3. The van der Waals surface area contributed by atoms with Crippen molar-refractivity contribution in [3.63, 3.8) is 0 Å². The number of hydrogen-bond donors (Lipinski definition) is 2. The molecule has 2 aliphatic rings. The summed E-state index contributed by atoms with van der Waals surface area (Å²) >= 11 is 0. The fraction of sp³-hybridized carbons (Fsp3) is 0.741. The monoisotopic (exact) mass is 428 g/mol. The van der Waals surface area contributed by atoms with Crippen LogP contribution < -0.4 is 5.32 Å². The lowest BCUT2D eigenvalue weighted by Crippen LogP contribution is -2.49. The summed E-state index contributed by atoms with van der Waals surface area (Å²) < 4.78 is 0. The first-order valence-electron chi connectivity index (χ1n) is 12.8. The quantitative estimate of drug-likeness (QED) is 0.535. The average molecular weight is 429 g/mol. The van der Waals surface area contributed by atoms with Crippen LogP contribution in [0, 0.1) is 11.8 Å². The lowest BCUT2D eigenvalue weighted by Gasteiger charge is -2.42. The van der Waals surface area contributed by atoms with Gasteiger partial charge in [-0.25, -0.2) is 0 Å². The standard InChI is InChI=1S/C27H44N2O2/c1-4-21(3)13-14-22(5-2)26-24-12-8-7-11-23(24)15-18-29(26)25(30)19-28-20-27(31)16-9-6-10-17-27/h7-8,11-12,21-22,26,28,31H,4-6,9-10,13-20H2,1-3H3/t21-,22-,26?/m0/s1. The zero-order valence-electron chi connectivity index (χ0n) is 20.0. The first-order valence-corrected chi connectivity index (χ1v) is 12.8. The molecule has 0 bridgehead atoms. The molecule has 0 spiro atoms. The molecular formula is C27H44N2O2. The Balaban J connectivity index is 1.69. The van der Waals surface area contributed by atoms with Crippen molar-refractivity contribution >= 4 is 5.91 Å². The van der Waals surface area contributed by atoms with Gasteiger partial charge in [0.05, 0.1) is 18.2 Å². The second kappa shape index (κ2) is 11.5. The van der Waals surface area contributed by atoms with Gasteiger partial charge in [0.1, 0.15) is 0 Å². The molecule has 3 rings (SSSR count). The molecule has 1 aliphatic heterocycles. The van der Waals surface area contributed by atoms with E-state index in [1.807, 2.05) is 0 Å². The molecule has 4 nitrogen and oxygen atoms in total. The van der Waals surface area contributed by atoms with E-state index in [2.05, 4.69) is 55.3 Å². The molecule has 1 heterocycles. The summed E-state index contributed by atoms with van der Waals surface area (Å²) in [5, 5.41) is 14.1. The molecule has 174 valence electrons. The lowest BCUT2D eigenvalue weighted by atomic mass is 9.80.